The van der Waals surface area contributed by atoms with E-state index < -0.39 is 0 Å². The quantitative estimate of drug-likeness (QED) is 0.824. The molecule has 0 N–H and O–H groups in total. The predicted molar refractivity (Wildman–Crippen MR) is 103 cm³/mol. The summed E-state index contributed by atoms with van der Waals surface area (Å²) < 4.78 is 5.86. The van der Waals surface area contributed by atoms with Gasteiger partial charge in [0.05, 0.1) is 0 Å². The van der Waals surface area contributed by atoms with Gasteiger partial charge in [-0.25, -0.2) is 0 Å². The summed E-state index contributed by atoms with van der Waals surface area (Å²) in [6.45, 7) is 4.07. The molecular weight excluding hydrogens is 324 g/mol. The lowest BCUT2D eigenvalue weighted by molar-refractivity contribution is -0.138. The third-order valence-electron chi connectivity index (χ3n) is 5.50. The number of benzene rings is 2. The molecule has 0 radical (unpaired) electrons. The lowest BCUT2D eigenvalue weighted by atomic mass is 9.84. The van der Waals surface area contributed by atoms with Gasteiger partial charge < -0.3 is 14.5 Å². The molecule has 1 saturated carbocycles. The summed E-state index contributed by atoms with van der Waals surface area (Å²) in [6, 6.07) is 18.5. The van der Waals surface area contributed by atoms with E-state index in [0.717, 1.165) is 44.8 Å². The Morgan fingerprint density at radius 1 is 0.923 bits per heavy atom. The topological polar surface area (TPSA) is 32.8 Å². The van der Waals surface area contributed by atoms with E-state index >= 15 is 0 Å². The van der Waals surface area contributed by atoms with Crippen molar-refractivity contribution in [2.24, 2.45) is 5.92 Å². The molecule has 1 heterocycles. The minimum absolute atomic E-state index is 0.308. The van der Waals surface area contributed by atoms with Crippen LogP contribution in [-0.4, -0.2) is 37.0 Å². The van der Waals surface area contributed by atoms with E-state index in [0.29, 0.717) is 18.4 Å². The second-order valence-corrected chi connectivity index (χ2v) is 7.21. The Balaban J connectivity index is 1.28. The molecule has 0 aromatic heterocycles. The number of carbonyl (C=O) groups excluding carboxylic acids is 1. The summed E-state index contributed by atoms with van der Waals surface area (Å²) in [5.74, 6) is 1.57. The molecule has 2 aliphatic rings. The van der Waals surface area contributed by atoms with E-state index in [9.17, 15) is 4.79 Å². The number of piperazine rings is 1. The average Bonchev–Trinajstić information content (AvgIpc) is 2.66. The largest absolute Gasteiger partial charge is 0.489 e. The van der Waals surface area contributed by atoms with Crippen molar-refractivity contribution in [3.63, 3.8) is 0 Å². The van der Waals surface area contributed by atoms with Crippen molar-refractivity contribution in [3.05, 3.63) is 60.2 Å². The second kappa shape index (κ2) is 7.81. The third kappa shape index (κ3) is 3.85. The fraction of sp³-hybridized carbons (Fsp3) is 0.409. The van der Waals surface area contributed by atoms with Crippen LogP contribution in [0.15, 0.2) is 54.6 Å². The zero-order valence-corrected chi connectivity index (χ0v) is 15.1. The molecule has 4 nitrogen and oxygen atoms in total. The number of nitrogens with zero attached hydrogens (tertiary/aromatic N) is 2. The molecule has 1 amide bonds. The van der Waals surface area contributed by atoms with Crippen molar-refractivity contribution < 1.29 is 9.53 Å². The monoisotopic (exact) mass is 350 g/mol. The standard InChI is InChI=1S/C22H26N2O2/c25-22(19-7-4-8-19)24-15-13-23(14-16-24)20-9-11-21(12-10-20)26-17-18-5-2-1-3-6-18/h1-3,5-6,9-12,19H,4,7-8,13-17H2. The number of ether oxygens (including phenoxy) is 1. The first kappa shape index (κ1) is 17.0. The molecule has 0 bridgehead atoms. The van der Waals surface area contributed by atoms with E-state index in [4.69, 9.17) is 4.74 Å². The Bertz CT molecular complexity index is 718. The molecule has 2 fully saturated rings. The van der Waals surface area contributed by atoms with Gasteiger partial charge in [-0.15, -0.1) is 0 Å². The summed E-state index contributed by atoms with van der Waals surface area (Å²) in [5.41, 5.74) is 2.37. The SMILES string of the molecule is O=C(C1CCC1)N1CCN(c2ccc(OCc3ccccc3)cc2)CC1. The molecule has 0 unspecified atom stereocenters. The summed E-state index contributed by atoms with van der Waals surface area (Å²) >= 11 is 0. The number of carbonyl (C=O) groups is 1. The highest BCUT2D eigenvalue weighted by molar-refractivity contribution is 5.79. The molecule has 1 aliphatic carbocycles. The van der Waals surface area contributed by atoms with Crippen LogP contribution in [-0.2, 0) is 11.4 Å². The van der Waals surface area contributed by atoms with Crippen molar-refractivity contribution in [3.8, 4) is 5.75 Å². The van der Waals surface area contributed by atoms with Crippen LogP contribution in [0.25, 0.3) is 0 Å². The second-order valence-electron chi connectivity index (χ2n) is 7.21. The molecule has 136 valence electrons. The van der Waals surface area contributed by atoms with Crippen molar-refractivity contribution in [2.75, 3.05) is 31.1 Å². The Kier molecular flexibility index (Phi) is 5.09. The zero-order chi connectivity index (χ0) is 17.8. The number of rotatable bonds is 5. The number of hydrogen-bond donors (Lipinski definition) is 0. The van der Waals surface area contributed by atoms with Crippen molar-refractivity contribution in [1.82, 2.24) is 4.90 Å². The molecule has 4 rings (SSSR count). The van der Waals surface area contributed by atoms with E-state index in [2.05, 4.69) is 34.1 Å². The highest BCUT2D eigenvalue weighted by Gasteiger charge is 2.31. The molecule has 4 heteroatoms. The molecule has 26 heavy (non-hydrogen) atoms. The number of hydrogen-bond acceptors (Lipinski definition) is 3. The van der Waals surface area contributed by atoms with Gasteiger partial charge in [-0.05, 0) is 42.7 Å². The van der Waals surface area contributed by atoms with Gasteiger partial charge in [0.15, 0.2) is 0 Å². The Morgan fingerprint density at radius 2 is 1.62 bits per heavy atom. The molecule has 0 spiro atoms. The summed E-state index contributed by atoms with van der Waals surface area (Å²) in [7, 11) is 0. The zero-order valence-electron chi connectivity index (χ0n) is 15.1. The van der Waals surface area contributed by atoms with Gasteiger partial charge in [0.25, 0.3) is 0 Å². The van der Waals surface area contributed by atoms with Crippen LogP contribution in [0.2, 0.25) is 0 Å². The third-order valence-corrected chi connectivity index (χ3v) is 5.50. The summed E-state index contributed by atoms with van der Waals surface area (Å²) in [4.78, 5) is 16.8. The fourth-order valence-corrected chi connectivity index (χ4v) is 3.59. The number of amides is 1. The molecule has 2 aromatic rings. The van der Waals surface area contributed by atoms with E-state index in [1.54, 1.807) is 0 Å². The molecule has 0 atom stereocenters. The van der Waals surface area contributed by atoms with Gasteiger partial charge in [0, 0.05) is 37.8 Å². The van der Waals surface area contributed by atoms with E-state index in [-0.39, 0.29) is 0 Å². The predicted octanol–water partition coefficient (Wildman–Crippen LogP) is 3.71. The first-order chi connectivity index (χ1) is 12.8. The average molecular weight is 350 g/mol. The van der Waals surface area contributed by atoms with Gasteiger partial charge in [-0.2, -0.15) is 0 Å². The molecule has 1 saturated heterocycles. The first-order valence-electron chi connectivity index (χ1n) is 9.60. The molecule has 2 aromatic carbocycles. The highest BCUT2D eigenvalue weighted by atomic mass is 16.5. The van der Waals surface area contributed by atoms with Crippen LogP contribution in [0, 0.1) is 5.92 Å². The Morgan fingerprint density at radius 3 is 2.23 bits per heavy atom. The van der Waals surface area contributed by atoms with E-state index in [1.165, 1.54) is 17.7 Å². The van der Waals surface area contributed by atoms with E-state index in [1.807, 2.05) is 30.3 Å². The van der Waals surface area contributed by atoms with Crippen LogP contribution in [0.1, 0.15) is 24.8 Å². The van der Waals surface area contributed by atoms with Crippen LogP contribution in [0.3, 0.4) is 0 Å². The summed E-state index contributed by atoms with van der Waals surface area (Å²) in [6.07, 6.45) is 3.39. The fourth-order valence-electron chi connectivity index (χ4n) is 3.59. The number of anilines is 1. The Labute approximate surface area is 155 Å². The van der Waals surface area contributed by atoms with Crippen LogP contribution in [0.4, 0.5) is 5.69 Å². The molecular formula is C22H26N2O2. The van der Waals surface area contributed by atoms with Gasteiger partial charge in [0.1, 0.15) is 12.4 Å². The van der Waals surface area contributed by atoms with Crippen molar-refractivity contribution >= 4 is 11.6 Å². The lowest BCUT2D eigenvalue weighted by Crippen LogP contribution is -2.51. The molecule has 1 aliphatic heterocycles. The smallest absolute Gasteiger partial charge is 0.225 e. The van der Waals surface area contributed by atoms with Crippen molar-refractivity contribution in [1.29, 1.82) is 0 Å². The van der Waals surface area contributed by atoms with Gasteiger partial charge in [-0.1, -0.05) is 36.8 Å². The Hall–Kier alpha value is -2.49. The minimum Gasteiger partial charge on any atom is -0.489 e. The normalized spacial score (nSPS) is 17.7. The van der Waals surface area contributed by atoms with Crippen LogP contribution >= 0.6 is 0 Å². The minimum atomic E-state index is 0.308. The van der Waals surface area contributed by atoms with Gasteiger partial charge in [-0.3, -0.25) is 4.79 Å². The maximum Gasteiger partial charge on any atom is 0.225 e. The van der Waals surface area contributed by atoms with Gasteiger partial charge >= 0.3 is 0 Å². The summed E-state index contributed by atoms with van der Waals surface area (Å²) in [5, 5.41) is 0. The van der Waals surface area contributed by atoms with Crippen LogP contribution < -0.4 is 9.64 Å². The first-order valence-corrected chi connectivity index (χ1v) is 9.60. The highest BCUT2D eigenvalue weighted by Crippen LogP contribution is 2.29. The van der Waals surface area contributed by atoms with Crippen molar-refractivity contribution in [2.45, 2.75) is 25.9 Å². The lowest BCUT2D eigenvalue weighted by Gasteiger charge is -2.39. The van der Waals surface area contributed by atoms with Gasteiger partial charge in [0.2, 0.25) is 5.91 Å². The maximum atomic E-state index is 12.3. The maximum absolute atomic E-state index is 12.3. The van der Waals surface area contributed by atoms with Crippen LogP contribution in [0.5, 0.6) is 5.75 Å².